The Bertz CT molecular complexity index is 1010. The van der Waals surface area contributed by atoms with Crippen LogP contribution < -0.4 is 5.32 Å². The number of hydrogen-bond acceptors (Lipinski definition) is 2. The Hall–Kier alpha value is -2.24. The maximum absolute atomic E-state index is 3.67. The molecule has 0 unspecified atom stereocenters. The summed E-state index contributed by atoms with van der Waals surface area (Å²) in [4.78, 5) is 4.64. The lowest BCUT2D eigenvalue weighted by Gasteiger charge is -2.45. The zero-order valence-electron chi connectivity index (χ0n) is 22.0. The number of nitrogens with one attached hydrogen (secondary N) is 1. The van der Waals surface area contributed by atoms with Crippen molar-refractivity contribution in [1.82, 2.24) is 0 Å². The van der Waals surface area contributed by atoms with E-state index in [1.54, 1.807) is 0 Å². The van der Waals surface area contributed by atoms with E-state index >= 15 is 0 Å². The molecular weight excluding hydrogens is 557 g/mol. The first-order chi connectivity index (χ1) is 17.4. The van der Waals surface area contributed by atoms with Gasteiger partial charge in [0.25, 0.3) is 0 Å². The van der Waals surface area contributed by atoms with Gasteiger partial charge in [-0.05, 0) is 51.4 Å². The minimum absolute atomic E-state index is 0.295. The molecule has 1 N–H and O–H groups in total. The van der Waals surface area contributed by atoms with E-state index in [4.69, 9.17) is 0 Å². The van der Waals surface area contributed by atoms with E-state index < -0.39 is 0 Å². The van der Waals surface area contributed by atoms with Gasteiger partial charge < -0.3 is 5.32 Å². The lowest BCUT2D eigenvalue weighted by Crippen LogP contribution is -2.37. The second-order valence-corrected chi connectivity index (χ2v) is 8.14. The van der Waals surface area contributed by atoms with Crippen molar-refractivity contribution in [3.05, 3.63) is 119 Å². The molecule has 0 saturated carbocycles. The van der Waals surface area contributed by atoms with Gasteiger partial charge in [0.1, 0.15) is 0 Å². The molecule has 0 saturated heterocycles. The molecule has 2 aliphatic rings. The molecule has 1 nitrogen and oxygen atoms in total. The molecule has 0 fully saturated rings. The van der Waals surface area contributed by atoms with Crippen LogP contribution in [0.15, 0.2) is 107 Å². The fourth-order valence-electron chi connectivity index (χ4n) is 4.70. The summed E-state index contributed by atoms with van der Waals surface area (Å²) in [5.74, 6) is 0. The lowest BCUT2D eigenvalue weighted by atomic mass is 9.62. The molecule has 0 bridgehead atoms. The smallest absolute Gasteiger partial charge is 0.0763 e. The van der Waals surface area contributed by atoms with Crippen LogP contribution in [0.3, 0.4) is 0 Å². The number of hydrogen-bond donors (Lipinski definition) is 1. The van der Waals surface area contributed by atoms with Gasteiger partial charge in [-0.2, -0.15) is 0 Å². The number of anilines is 2. The Balaban J connectivity index is 0.000000495. The van der Waals surface area contributed by atoms with E-state index in [9.17, 15) is 0 Å². The SMILES string of the molecule is CC.CC.CC.CI.c1ccc2c(c1)Nc1ccccc1C21c2ccccc2Sc2ccccc21. The number of halogens is 1. The second kappa shape index (κ2) is 14.4. The number of alkyl halides is 1. The van der Waals surface area contributed by atoms with Crippen molar-refractivity contribution in [3.63, 3.8) is 0 Å². The summed E-state index contributed by atoms with van der Waals surface area (Å²) in [6, 6.07) is 35.2. The molecule has 35 heavy (non-hydrogen) atoms. The third-order valence-electron chi connectivity index (χ3n) is 5.73. The second-order valence-electron chi connectivity index (χ2n) is 7.06. The zero-order valence-corrected chi connectivity index (χ0v) is 25.0. The maximum atomic E-state index is 3.67. The van der Waals surface area contributed by atoms with Gasteiger partial charge in [0, 0.05) is 21.2 Å². The molecule has 0 aliphatic carbocycles. The van der Waals surface area contributed by atoms with Crippen molar-refractivity contribution >= 4 is 45.7 Å². The Morgan fingerprint density at radius 3 is 1.20 bits per heavy atom. The summed E-state index contributed by atoms with van der Waals surface area (Å²) in [6.07, 6.45) is 0. The summed E-state index contributed by atoms with van der Waals surface area (Å²) < 4.78 is 0. The first-order valence-corrected chi connectivity index (χ1v) is 15.6. The van der Waals surface area contributed by atoms with E-state index in [0.29, 0.717) is 0 Å². The van der Waals surface area contributed by atoms with Crippen molar-refractivity contribution < 1.29 is 0 Å². The van der Waals surface area contributed by atoms with Gasteiger partial charge >= 0.3 is 0 Å². The molecule has 6 rings (SSSR count). The minimum atomic E-state index is -0.295. The zero-order chi connectivity index (χ0) is 25.8. The Kier molecular flexibility index (Phi) is 11.9. The van der Waals surface area contributed by atoms with Crippen LogP contribution in [0.1, 0.15) is 63.8 Å². The largest absolute Gasteiger partial charge is 0.355 e. The van der Waals surface area contributed by atoms with Gasteiger partial charge in [-0.1, -0.05) is 149 Å². The third kappa shape index (κ3) is 5.17. The molecule has 0 amide bonds. The molecule has 0 atom stereocenters. The molecule has 1 spiro atoms. The molecule has 4 aromatic rings. The van der Waals surface area contributed by atoms with E-state index in [0.717, 1.165) is 0 Å². The highest BCUT2D eigenvalue weighted by molar-refractivity contribution is 14.1. The normalized spacial score (nSPS) is 12.3. The van der Waals surface area contributed by atoms with Crippen LogP contribution in [0.25, 0.3) is 0 Å². The fraction of sp³-hybridized carbons (Fsp3) is 0.250. The standard InChI is InChI=1S/C25H17NS.3C2H6.CH3I/c1-5-13-21-17(9-1)25(18-10-2-6-14-22(18)26-21)19-11-3-7-15-23(19)27-24-16-8-4-12-20(24)25;4*1-2/h1-16,26H;3*1-2H3;1H3. The summed E-state index contributed by atoms with van der Waals surface area (Å²) in [7, 11) is 0. The molecule has 4 aromatic carbocycles. The van der Waals surface area contributed by atoms with Gasteiger partial charge in [-0.3, -0.25) is 0 Å². The van der Waals surface area contributed by atoms with Crippen LogP contribution in [0.2, 0.25) is 0 Å². The Morgan fingerprint density at radius 2 is 0.800 bits per heavy atom. The molecule has 0 aromatic heterocycles. The van der Waals surface area contributed by atoms with Crippen molar-refractivity contribution in [2.24, 2.45) is 0 Å². The fourth-order valence-corrected chi connectivity index (χ4v) is 5.90. The summed E-state index contributed by atoms with van der Waals surface area (Å²) in [5, 5.41) is 3.67. The summed E-state index contributed by atoms with van der Waals surface area (Å²) >= 11 is 4.03. The number of benzene rings is 4. The number of rotatable bonds is 0. The van der Waals surface area contributed by atoms with Crippen molar-refractivity contribution in [1.29, 1.82) is 0 Å². The summed E-state index contributed by atoms with van der Waals surface area (Å²) in [5.41, 5.74) is 7.47. The lowest BCUT2D eigenvalue weighted by molar-refractivity contribution is 0.699. The highest BCUT2D eigenvalue weighted by Crippen LogP contribution is 2.60. The first kappa shape index (κ1) is 29.0. The van der Waals surface area contributed by atoms with Crippen molar-refractivity contribution in [2.45, 2.75) is 56.7 Å². The molecule has 184 valence electrons. The van der Waals surface area contributed by atoms with Crippen molar-refractivity contribution in [2.75, 3.05) is 10.2 Å². The highest BCUT2D eigenvalue weighted by atomic mass is 127. The van der Waals surface area contributed by atoms with Gasteiger partial charge in [-0.25, -0.2) is 0 Å². The minimum Gasteiger partial charge on any atom is -0.355 e. The van der Waals surface area contributed by atoms with E-state index in [1.165, 1.54) is 43.4 Å². The van der Waals surface area contributed by atoms with Crippen LogP contribution in [0.5, 0.6) is 0 Å². The van der Waals surface area contributed by atoms with Crippen LogP contribution in [-0.4, -0.2) is 4.93 Å². The predicted octanol–water partition coefficient (Wildman–Crippen LogP) is 10.7. The van der Waals surface area contributed by atoms with Gasteiger partial charge in [0.15, 0.2) is 0 Å². The monoisotopic (exact) mass is 595 g/mol. The van der Waals surface area contributed by atoms with Gasteiger partial charge in [-0.15, -0.1) is 0 Å². The van der Waals surface area contributed by atoms with Crippen LogP contribution >= 0.6 is 34.4 Å². The molecular formula is C32H38INS. The molecule has 3 heteroatoms. The predicted molar refractivity (Wildman–Crippen MR) is 166 cm³/mol. The first-order valence-electron chi connectivity index (χ1n) is 12.6. The third-order valence-corrected chi connectivity index (χ3v) is 6.89. The van der Waals surface area contributed by atoms with E-state index in [-0.39, 0.29) is 5.41 Å². The molecule has 2 aliphatic heterocycles. The quantitative estimate of drug-likeness (QED) is 0.139. The highest BCUT2D eigenvalue weighted by Gasteiger charge is 2.48. The van der Waals surface area contributed by atoms with Crippen LogP contribution in [-0.2, 0) is 5.41 Å². The number of fused-ring (bicyclic) bond motifs is 8. The topological polar surface area (TPSA) is 12.0 Å². The Morgan fingerprint density at radius 1 is 0.486 bits per heavy atom. The van der Waals surface area contributed by atoms with Crippen LogP contribution in [0.4, 0.5) is 11.4 Å². The maximum Gasteiger partial charge on any atom is 0.0763 e. The average Bonchev–Trinajstić information content (AvgIpc) is 2.97. The molecule has 0 radical (unpaired) electrons. The molecule has 2 heterocycles. The average molecular weight is 596 g/mol. The van der Waals surface area contributed by atoms with E-state index in [2.05, 4.69) is 125 Å². The number of para-hydroxylation sites is 2. The van der Waals surface area contributed by atoms with Gasteiger partial charge in [0.2, 0.25) is 0 Å². The van der Waals surface area contributed by atoms with E-state index in [1.807, 2.05) is 58.2 Å². The van der Waals surface area contributed by atoms with Gasteiger partial charge in [0.05, 0.1) is 5.41 Å². The Labute approximate surface area is 230 Å². The van der Waals surface area contributed by atoms with Crippen LogP contribution in [0, 0.1) is 0 Å². The summed E-state index contributed by atoms with van der Waals surface area (Å²) in [6.45, 7) is 12.0. The van der Waals surface area contributed by atoms with Crippen molar-refractivity contribution in [3.8, 4) is 0 Å².